The fourth-order valence-corrected chi connectivity index (χ4v) is 4.24. The Hall–Kier alpha value is -3.84. The molecule has 0 spiro atoms. The van der Waals surface area contributed by atoms with Crippen molar-refractivity contribution < 1.29 is 17.6 Å². The molecular weight excluding hydrogens is 412 g/mol. The minimum atomic E-state index is -3.75. The van der Waals surface area contributed by atoms with Crippen LogP contribution in [0.1, 0.15) is 27.7 Å². The molecule has 4 aromatic rings. The van der Waals surface area contributed by atoms with Crippen LogP contribution in [0.3, 0.4) is 0 Å². The molecule has 1 aromatic heterocycles. The number of carbonyl (C=O) groups excluding carboxylic acids is 1. The van der Waals surface area contributed by atoms with Crippen LogP contribution in [0.2, 0.25) is 0 Å². The lowest BCUT2D eigenvalue weighted by molar-refractivity contribution is 0.0939. The predicted octanol–water partition coefficient (Wildman–Crippen LogP) is 4.60. The van der Waals surface area contributed by atoms with Gasteiger partial charge in [-0.2, -0.15) is 0 Å². The summed E-state index contributed by atoms with van der Waals surface area (Å²) >= 11 is 0. The lowest BCUT2D eigenvalue weighted by Gasteiger charge is -2.17. The maximum atomic E-state index is 13.0. The summed E-state index contributed by atoms with van der Waals surface area (Å²) in [6.45, 7) is 0. The molecule has 1 unspecified atom stereocenters. The van der Waals surface area contributed by atoms with E-state index >= 15 is 0 Å². The number of furan rings is 1. The summed E-state index contributed by atoms with van der Waals surface area (Å²) in [6.07, 6.45) is 1.55. The predicted molar refractivity (Wildman–Crippen MR) is 118 cm³/mol. The molecule has 0 aliphatic rings. The Morgan fingerprint density at radius 1 is 0.806 bits per heavy atom. The molecule has 3 aromatic carbocycles. The van der Waals surface area contributed by atoms with E-state index in [1.165, 1.54) is 18.2 Å². The van der Waals surface area contributed by atoms with Crippen LogP contribution < -0.4 is 10.0 Å². The quantitative estimate of drug-likeness (QED) is 0.447. The highest BCUT2D eigenvalue weighted by Crippen LogP contribution is 2.24. The molecule has 0 bridgehead atoms. The lowest BCUT2D eigenvalue weighted by Crippen LogP contribution is -2.29. The number of carbonyl (C=O) groups is 1. The minimum Gasteiger partial charge on any atom is -0.467 e. The summed E-state index contributed by atoms with van der Waals surface area (Å²) in [5, 5.41) is 2.96. The van der Waals surface area contributed by atoms with E-state index in [1.807, 2.05) is 30.3 Å². The van der Waals surface area contributed by atoms with Gasteiger partial charge in [-0.05, 0) is 48.0 Å². The Labute approximate surface area is 180 Å². The van der Waals surface area contributed by atoms with E-state index in [4.69, 9.17) is 4.42 Å². The average Bonchev–Trinajstić information content (AvgIpc) is 3.33. The smallest absolute Gasteiger partial charge is 0.261 e. The van der Waals surface area contributed by atoms with Crippen molar-refractivity contribution in [3.63, 3.8) is 0 Å². The zero-order valence-electron chi connectivity index (χ0n) is 16.4. The van der Waals surface area contributed by atoms with Crippen molar-refractivity contribution >= 4 is 21.6 Å². The van der Waals surface area contributed by atoms with E-state index in [0.29, 0.717) is 17.0 Å². The summed E-state index contributed by atoms with van der Waals surface area (Å²) in [6, 6.07) is 26.9. The molecule has 31 heavy (non-hydrogen) atoms. The monoisotopic (exact) mass is 432 g/mol. The standard InChI is InChI=1S/C24H20N2O4S/c27-24(25-23(22-15-8-16-30-22)18-9-3-1-4-10-18)19-11-7-12-20(17-19)26-31(28,29)21-13-5-2-6-14-21/h1-17,23,26H,(H,25,27). The first-order valence-corrected chi connectivity index (χ1v) is 11.1. The van der Waals surface area contributed by atoms with Gasteiger partial charge in [0.05, 0.1) is 11.2 Å². The molecule has 0 radical (unpaired) electrons. The largest absolute Gasteiger partial charge is 0.467 e. The van der Waals surface area contributed by atoms with Gasteiger partial charge in [0.25, 0.3) is 15.9 Å². The first-order valence-electron chi connectivity index (χ1n) is 9.60. The van der Waals surface area contributed by atoms with Gasteiger partial charge in [-0.3, -0.25) is 9.52 Å². The zero-order chi connectivity index (χ0) is 21.7. The van der Waals surface area contributed by atoms with Crippen LogP contribution in [-0.2, 0) is 10.0 Å². The molecule has 0 saturated heterocycles. The number of hydrogen-bond acceptors (Lipinski definition) is 4. The Bertz CT molecular complexity index is 1260. The maximum absolute atomic E-state index is 13.0. The fraction of sp³-hybridized carbons (Fsp3) is 0.0417. The van der Waals surface area contributed by atoms with Gasteiger partial charge in [-0.1, -0.05) is 54.6 Å². The third-order valence-corrected chi connectivity index (χ3v) is 6.06. The van der Waals surface area contributed by atoms with Crippen molar-refractivity contribution in [1.82, 2.24) is 5.32 Å². The molecule has 7 heteroatoms. The van der Waals surface area contributed by atoms with Gasteiger partial charge in [-0.15, -0.1) is 0 Å². The highest BCUT2D eigenvalue weighted by Gasteiger charge is 2.21. The van der Waals surface area contributed by atoms with Crippen LogP contribution in [0.4, 0.5) is 5.69 Å². The minimum absolute atomic E-state index is 0.145. The molecule has 2 N–H and O–H groups in total. The van der Waals surface area contributed by atoms with Gasteiger partial charge < -0.3 is 9.73 Å². The van der Waals surface area contributed by atoms with Crippen LogP contribution in [0.15, 0.2) is 113 Å². The fourth-order valence-electron chi connectivity index (χ4n) is 3.17. The lowest BCUT2D eigenvalue weighted by atomic mass is 10.0. The highest BCUT2D eigenvalue weighted by atomic mass is 32.2. The van der Waals surface area contributed by atoms with Gasteiger partial charge in [0.2, 0.25) is 0 Å². The zero-order valence-corrected chi connectivity index (χ0v) is 17.3. The van der Waals surface area contributed by atoms with E-state index in [1.54, 1.807) is 54.8 Å². The molecule has 1 atom stereocenters. The summed E-state index contributed by atoms with van der Waals surface area (Å²) in [5.41, 5.74) is 1.48. The van der Waals surface area contributed by atoms with Gasteiger partial charge in [0.15, 0.2) is 0 Å². The molecule has 0 aliphatic carbocycles. The van der Waals surface area contributed by atoms with Gasteiger partial charge >= 0.3 is 0 Å². The number of hydrogen-bond donors (Lipinski definition) is 2. The number of sulfonamides is 1. The molecule has 6 nitrogen and oxygen atoms in total. The Morgan fingerprint density at radius 3 is 2.19 bits per heavy atom. The van der Waals surface area contributed by atoms with E-state index in [2.05, 4.69) is 10.0 Å². The maximum Gasteiger partial charge on any atom is 0.261 e. The Kier molecular flexibility index (Phi) is 5.86. The summed E-state index contributed by atoms with van der Waals surface area (Å²) in [4.78, 5) is 13.1. The first kappa shape index (κ1) is 20.4. The number of nitrogens with one attached hydrogen (secondary N) is 2. The molecule has 0 fully saturated rings. The second kappa shape index (κ2) is 8.89. The molecule has 0 aliphatic heterocycles. The number of rotatable bonds is 7. The van der Waals surface area contributed by atoms with Crippen molar-refractivity contribution in [1.29, 1.82) is 0 Å². The molecule has 4 rings (SSSR count). The van der Waals surface area contributed by atoms with E-state index in [0.717, 1.165) is 5.56 Å². The summed E-state index contributed by atoms with van der Waals surface area (Å²) in [7, 11) is -3.75. The molecular formula is C24H20N2O4S. The van der Waals surface area contributed by atoms with Crippen LogP contribution in [0, 0.1) is 0 Å². The van der Waals surface area contributed by atoms with Gasteiger partial charge in [-0.25, -0.2) is 8.42 Å². The van der Waals surface area contributed by atoms with E-state index in [9.17, 15) is 13.2 Å². The van der Waals surface area contributed by atoms with Crippen molar-refractivity contribution in [2.24, 2.45) is 0 Å². The van der Waals surface area contributed by atoms with Crippen LogP contribution in [0.5, 0.6) is 0 Å². The number of amides is 1. The number of anilines is 1. The summed E-state index contributed by atoms with van der Waals surface area (Å²) in [5.74, 6) is 0.242. The second-order valence-corrected chi connectivity index (χ2v) is 8.51. The normalized spacial score (nSPS) is 12.1. The summed E-state index contributed by atoms with van der Waals surface area (Å²) < 4.78 is 33.2. The van der Waals surface area contributed by atoms with Crippen LogP contribution in [0.25, 0.3) is 0 Å². The third kappa shape index (κ3) is 4.84. The van der Waals surface area contributed by atoms with Crippen molar-refractivity contribution in [3.8, 4) is 0 Å². The van der Waals surface area contributed by atoms with Crippen LogP contribution in [-0.4, -0.2) is 14.3 Å². The topological polar surface area (TPSA) is 88.4 Å². The van der Waals surface area contributed by atoms with Gasteiger partial charge in [0.1, 0.15) is 11.8 Å². The second-order valence-electron chi connectivity index (χ2n) is 6.83. The Balaban J connectivity index is 1.56. The molecule has 156 valence electrons. The number of benzene rings is 3. The van der Waals surface area contributed by atoms with E-state index in [-0.39, 0.29) is 10.8 Å². The first-order chi connectivity index (χ1) is 15.0. The molecule has 0 saturated carbocycles. The van der Waals surface area contributed by atoms with Crippen molar-refractivity contribution in [2.45, 2.75) is 10.9 Å². The van der Waals surface area contributed by atoms with Crippen molar-refractivity contribution in [2.75, 3.05) is 4.72 Å². The highest BCUT2D eigenvalue weighted by molar-refractivity contribution is 7.92. The van der Waals surface area contributed by atoms with Crippen LogP contribution >= 0.6 is 0 Å². The Morgan fingerprint density at radius 2 is 1.52 bits per heavy atom. The molecule has 1 heterocycles. The average molecular weight is 433 g/mol. The SMILES string of the molecule is O=C(NC(c1ccccc1)c1ccco1)c1cccc(NS(=O)(=O)c2ccccc2)c1. The van der Waals surface area contributed by atoms with E-state index < -0.39 is 16.1 Å². The van der Waals surface area contributed by atoms with Gasteiger partial charge in [0, 0.05) is 11.3 Å². The third-order valence-electron chi connectivity index (χ3n) is 4.67. The van der Waals surface area contributed by atoms with Crippen molar-refractivity contribution in [3.05, 3.63) is 120 Å². The molecule has 1 amide bonds.